The smallest absolute Gasteiger partial charge is 0.243 e. The summed E-state index contributed by atoms with van der Waals surface area (Å²) in [5.41, 5.74) is 0.901. The van der Waals surface area contributed by atoms with Crippen LogP contribution in [0, 0.1) is 5.92 Å². The van der Waals surface area contributed by atoms with Gasteiger partial charge in [-0.3, -0.25) is 4.79 Å². The summed E-state index contributed by atoms with van der Waals surface area (Å²) in [5, 5.41) is 0.634. The maximum atomic E-state index is 13.1. The number of hydrogen-bond acceptors (Lipinski definition) is 5. The second kappa shape index (κ2) is 10.6. The van der Waals surface area contributed by atoms with Crippen molar-refractivity contribution in [2.24, 2.45) is 5.92 Å². The molecule has 0 bridgehead atoms. The van der Waals surface area contributed by atoms with Crippen LogP contribution in [0.2, 0.25) is 5.02 Å². The molecule has 1 amide bonds. The van der Waals surface area contributed by atoms with Crippen molar-refractivity contribution in [3.8, 4) is 11.5 Å². The number of amides is 1. The zero-order valence-corrected chi connectivity index (χ0v) is 20.2. The Hall–Kier alpha value is -2.29. The SMILES string of the molecule is CCN(Cc1ccccc1Cl)C(=O)C1CCN(S(=O)(=O)c2ccc(OC)c(OC)c2)CC1. The molecule has 1 aliphatic heterocycles. The number of nitrogens with zero attached hydrogens (tertiary/aromatic N) is 2. The van der Waals surface area contributed by atoms with E-state index in [0.717, 1.165) is 5.56 Å². The van der Waals surface area contributed by atoms with Gasteiger partial charge in [-0.05, 0) is 43.5 Å². The van der Waals surface area contributed by atoms with E-state index in [2.05, 4.69) is 0 Å². The molecule has 0 aromatic heterocycles. The molecule has 0 saturated carbocycles. The van der Waals surface area contributed by atoms with Crippen LogP contribution < -0.4 is 9.47 Å². The summed E-state index contributed by atoms with van der Waals surface area (Å²) in [5.74, 6) is 0.649. The predicted molar refractivity (Wildman–Crippen MR) is 124 cm³/mol. The molecule has 0 radical (unpaired) electrons. The minimum atomic E-state index is -3.69. The molecule has 174 valence electrons. The molecule has 0 spiro atoms. The van der Waals surface area contributed by atoms with Crippen molar-refractivity contribution in [3.05, 3.63) is 53.1 Å². The Morgan fingerprint density at radius 3 is 2.34 bits per heavy atom. The number of methoxy groups -OCH3 is 2. The van der Waals surface area contributed by atoms with Gasteiger partial charge in [0.1, 0.15) is 0 Å². The molecule has 0 aliphatic carbocycles. The highest BCUT2D eigenvalue weighted by molar-refractivity contribution is 7.89. The number of ether oxygens (including phenoxy) is 2. The summed E-state index contributed by atoms with van der Waals surface area (Å²) in [6.45, 7) is 3.52. The first-order chi connectivity index (χ1) is 15.3. The lowest BCUT2D eigenvalue weighted by Gasteiger charge is -2.33. The molecule has 0 unspecified atom stereocenters. The Kier molecular flexibility index (Phi) is 8.03. The van der Waals surface area contributed by atoms with E-state index in [1.54, 1.807) is 11.0 Å². The molecule has 1 aliphatic rings. The molecule has 2 aromatic carbocycles. The lowest BCUT2D eigenvalue weighted by atomic mass is 9.96. The third kappa shape index (κ3) is 5.19. The Bertz CT molecular complexity index is 1050. The van der Waals surface area contributed by atoms with Gasteiger partial charge >= 0.3 is 0 Å². The van der Waals surface area contributed by atoms with Crippen LogP contribution in [0.15, 0.2) is 47.4 Å². The van der Waals surface area contributed by atoms with Crippen LogP contribution in [0.1, 0.15) is 25.3 Å². The molecule has 1 heterocycles. The van der Waals surface area contributed by atoms with E-state index in [-0.39, 0.29) is 29.8 Å². The Morgan fingerprint density at radius 2 is 1.75 bits per heavy atom. The minimum Gasteiger partial charge on any atom is -0.493 e. The predicted octanol–water partition coefficient (Wildman–Crippen LogP) is 3.81. The van der Waals surface area contributed by atoms with Crippen LogP contribution in [-0.4, -0.2) is 57.4 Å². The van der Waals surface area contributed by atoms with Crippen molar-refractivity contribution in [2.75, 3.05) is 33.9 Å². The van der Waals surface area contributed by atoms with E-state index in [1.165, 1.54) is 30.7 Å². The van der Waals surface area contributed by atoms with Crippen molar-refractivity contribution in [2.45, 2.75) is 31.2 Å². The summed E-state index contributed by atoms with van der Waals surface area (Å²) in [4.78, 5) is 15.0. The number of rotatable bonds is 8. The molecule has 7 nitrogen and oxygen atoms in total. The van der Waals surface area contributed by atoms with Crippen molar-refractivity contribution in [1.82, 2.24) is 9.21 Å². The zero-order valence-electron chi connectivity index (χ0n) is 18.6. The van der Waals surface area contributed by atoms with Gasteiger partial charge in [-0.25, -0.2) is 8.42 Å². The second-order valence-electron chi connectivity index (χ2n) is 7.64. The number of halogens is 1. The van der Waals surface area contributed by atoms with Gasteiger partial charge in [-0.15, -0.1) is 0 Å². The monoisotopic (exact) mass is 480 g/mol. The van der Waals surface area contributed by atoms with E-state index in [0.29, 0.717) is 42.5 Å². The fraction of sp³-hybridized carbons (Fsp3) is 0.435. The highest BCUT2D eigenvalue weighted by atomic mass is 35.5. The first-order valence-corrected chi connectivity index (χ1v) is 12.4. The maximum Gasteiger partial charge on any atom is 0.243 e. The number of benzene rings is 2. The van der Waals surface area contributed by atoms with Crippen LogP contribution >= 0.6 is 11.6 Å². The van der Waals surface area contributed by atoms with Gasteiger partial charge in [0, 0.05) is 43.2 Å². The van der Waals surface area contributed by atoms with E-state index < -0.39 is 10.0 Å². The van der Waals surface area contributed by atoms with E-state index in [4.69, 9.17) is 21.1 Å². The molecular weight excluding hydrogens is 452 g/mol. The van der Waals surface area contributed by atoms with Crippen LogP contribution in [0.5, 0.6) is 11.5 Å². The van der Waals surface area contributed by atoms with Gasteiger partial charge in [0.25, 0.3) is 0 Å². The Morgan fingerprint density at radius 1 is 1.09 bits per heavy atom. The summed E-state index contributed by atoms with van der Waals surface area (Å²) >= 11 is 6.26. The lowest BCUT2D eigenvalue weighted by molar-refractivity contribution is -0.137. The average Bonchev–Trinajstić information content (AvgIpc) is 2.82. The van der Waals surface area contributed by atoms with Crippen LogP contribution in [-0.2, 0) is 21.4 Å². The average molecular weight is 481 g/mol. The molecule has 0 atom stereocenters. The maximum absolute atomic E-state index is 13.1. The molecular formula is C23H29ClN2O5S. The number of carbonyl (C=O) groups excluding carboxylic acids is 1. The first-order valence-electron chi connectivity index (χ1n) is 10.6. The van der Waals surface area contributed by atoms with Crippen LogP contribution in [0.25, 0.3) is 0 Å². The highest BCUT2D eigenvalue weighted by Gasteiger charge is 2.34. The Balaban J connectivity index is 1.67. The van der Waals surface area contributed by atoms with E-state index >= 15 is 0 Å². The van der Waals surface area contributed by atoms with E-state index in [1.807, 2.05) is 31.2 Å². The fourth-order valence-corrected chi connectivity index (χ4v) is 5.59. The zero-order chi connectivity index (χ0) is 23.3. The third-order valence-corrected chi connectivity index (χ3v) is 8.07. The molecule has 0 N–H and O–H groups in total. The van der Waals surface area contributed by atoms with E-state index in [9.17, 15) is 13.2 Å². The minimum absolute atomic E-state index is 0.0376. The van der Waals surface area contributed by atoms with Gasteiger partial charge in [0.2, 0.25) is 15.9 Å². The summed E-state index contributed by atoms with van der Waals surface area (Å²) in [6, 6.07) is 12.0. The lowest BCUT2D eigenvalue weighted by Crippen LogP contribution is -2.44. The van der Waals surface area contributed by atoms with Crippen molar-refractivity contribution in [3.63, 3.8) is 0 Å². The van der Waals surface area contributed by atoms with Crippen molar-refractivity contribution < 1.29 is 22.7 Å². The summed E-state index contributed by atoms with van der Waals surface area (Å²) < 4.78 is 38.1. The van der Waals surface area contributed by atoms with Gasteiger partial charge in [0.05, 0.1) is 19.1 Å². The number of sulfonamides is 1. The highest BCUT2D eigenvalue weighted by Crippen LogP contribution is 2.32. The number of piperidine rings is 1. The normalized spacial score (nSPS) is 15.4. The standard InChI is InChI=1S/C23H29ClN2O5S/c1-4-25(16-18-7-5-6-8-20(18)24)23(27)17-11-13-26(14-12-17)32(28,29)19-9-10-21(30-2)22(15-19)31-3/h5-10,15,17H,4,11-14,16H2,1-3H3. The third-order valence-electron chi connectivity index (χ3n) is 5.81. The summed E-state index contributed by atoms with van der Waals surface area (Å²) in [6.07, 6.45) is 0.953. The number of carbonyl (C=O) groups is 1. The Labute approximate surface area is 194 Å². The van der Waals surface area contributed by atoms with Gasteiger partial charge in [-0.2, -0.15) is 4.31 Å². The second-order valence-corrected chi connectivity index (χ2v) is 9.98. The van der Waals surface area contributed by atoms with Crippen molar-refractivity contribution in [1.29, 1.82) is 0 Å². The number of hydrogen-bond donors (Lipinski definition) is 0. The first kappa shape index (κ1) is 24.4. The topological polar surface area (TPSA) is 76.2 Å². The molecule has 32 heavy (non-hydrogen) atoms. The fourth-order valence-electron chi connectivity index (χ4n) is 3.91. The molecule has 1 saturated heterocycles. The van der Waals surface area contributed by atoms with Crippen molar-refractivity contribution >= 4 is 27.5 Å². The molecule has 9 heteroatoms. The quantitative estimate of drug-likeness (QED) is 0.574. The van der Waals surface area contributed by atoms with Gasteiger partial charge in [-0.1, -0.05) is 29.8 Å². The largest absolute Gasteiger partial charge is 0.493 e. The summed E-state index contributed by atoms with van der Waals surface area (Å²) in [7, 11) is -0.728. The van der Waals surface area contributed by atoms with Gasteiger partial charge in [0.15, 0.2) is 11.5 Å². The molecule has 3 rings (SSSR count). The molecule has 1 fully saturated rings. The van der Waals surface area contributed by atoms with Crippen LogP contribution in [0.4, 0.5) is 0 Å². The molecule has 2 aromatic rings. The van der Waals surface area contributed by atoms with Crippen LogP contribution in [0.3, 0.4) is 0 Å². The van der Waals surface area contributed by atoms with Gasteiger partial charge < -0.3 is 14.4 Å².